The third kappa shape index (κ3) is 4.76. The van der Waals surface area contributed by atoms with Crippen LogP contribution in [0.1, 0.15) is 20.8 Å². The van der Waals surface area contributed by atoms with Crippen molar-refractivity contribution in [1.82, 2.24) is 9.62 Å². The van der Waals surface area contributed by atoms with Gasteiger partial charge in [-0.1, -0.05) is 6.92 Å². The fourth-order valence-electron chi connectivity index (χ4n) is 1.68. The summed E-state index contributed by atoms with van der Waals surface area (Å²) in [6.45, 7) is 5.01. The summed E-state index contributed by atoms with van der Waals surface area (Å²) in [5.41, 5.74) is 0. The summed E-state index contributed by atoms with van der Waals surface area (Å²) in [5.74, 6) is -1.06. The van der Waals surface area contributed by atoms with Crippen molar-refractivity contribution in [3.05, 3.63) is 28.5 Å². The molecule has 0 aliphatic carbocycles. The Bertz CT molecular complexity index is 620. The van der Waals surface area contributed by atoms with Crippen LogP contribution in [0.25, 0.3) is 0 Å². The van der Waals surface area contributed by atoms with Gasteiger partial charge in [0.2, 0.25) is 15.9 Å². The molecule has 0 bridgehead atoms. The lowest BCUT2D eigenvalue weighted by Crippen LogP contribution is -2.42. The third-order valence-corrected chi connectivity index (χ3v) is 5.21. The fraction of sp³-hybridized carbons (Fsp3) is 0.462. The quantitative estimate of drug-likeness (QED) is 0.821. The van der Waals surface area contributed by atoms with Crippen molar-refractivity contribution in [3.8, 4) is 0 Å². The zero-order valence-electron chi connectivity index (χ0n) is 12.1. The predicted octanol–water partition coefficient (Wildman–Crippen LogP) is 2.12. The van der Waals surface area contributed by atoms with Gasteiger partial charge in [0, 0.05) is 12.6 Å². The number of likely N-dealkylation sites (N-methyl/N-ethyl adjacent to an activating group) is 1. The first-order valence-electron chi connectivity index (χ1n) is 6.43. The van der Waals surface area contributed by atoms with Crippen LogP contribution in [0.4, 0.5) is 4.39 Å². The number of benzene rings is 1. The van der Waals surface area contributed by atoms with E-state index in [9.17, 15) is 17.6 Å². The first-order valence-corrected chi connectivity index (χ1v) is 8.66. The van der Waals surface area contributed by atoms with Gasteiger partial charge in [-0.2, -0.15) is 4.31 Å². The van der Waals surface area contributed by atoms with Gasteiger partial charge in [-0.3, -0.25) is 4.79 Å². The molecule has 0 aromatic heterocycles. The molecule has 0 aliphatic rings. The third-order valence-electron chi connectivity index (χ3n) is 2.65. The highest BCUT2D eigenvalue weighted by Crippen LogP contribution is 2.21. The summed E-state index contributed by atoms with van der Waals surface area (Å²) in [4.78, 5) is 11.5. The van der Waals surface area contributed by atoms with Gasteiger partial charge in [0.25, 0.3) is 0 Å². The van der Waals surface area contributed by atoms with Gasteiger partial charge in [0.15, 0.2) is 0 Å². The molecule has 1 rings (SSSR count). The average molecular weight is 381 g/mol. The summed E-state index contributed by atoms with van der Waals surface area (Å²) in [7, 11) is -3.91. The van der Waals surface area contributed by atoms with Gasteiger partial charge in [-0.25, -0.2) is 12.8 Å². The van der Waals surface area contributed by atoms with E-state index in [0.717, 1.165) is 10.4 Å². The Morgan fingerprint density at radius 2 is 2.05 bits per heavy atom. The van der Waals surface area contributed by atoms with Crippen LogP contribution < -0.4 is 5.32 Å². The minimum Gasteiger partial charge on any atom is -0.353 e. The van der Waals surface area contributed by atoms with E-state index in [1.165, 1.54) is 12.1 Å². The van der Waals surface area contributed by atoms with Crippen molar-refractivity contribution in [2.45, 2.75) is 31.7 Å². The second-order valence-corrected chi connectivity index (χ2v) is 7.52. The molecule has 0 saturated carbocycles. The zero-order valence-corrected chi connectivity index (χ0v) is 14.5. The van der Waals surface area contributed by atoms with Crippen molar-refractivity contribution in [3.63, 3.8) is 0 Å². The van der Waals surface area contributed by atoms with Crippen molar-refractivity contribution >= 4 is 31.9 Å². The Labute approximate surface area is 132 Å². The summed E-state index contributed by atoms with van der Waals surface area (Å²) < 4.78 is 39.5. The van der Waals surface area contributed by atoms with Crippen LogP contribution in [-0.2, 0) is 14.8 Å². The van der Waals surface area contributed by atoms with E-state index < -0.39 is 21.7 Å². The van der Waals surface area contributed by atoms with E-state index in [-0.39, 0.29) is 28.5 Å². The molecule has 0 saturated heterocycles. The van der Waals surface area contributed by atoms with Gasteiger partial charge in [-0.15, -0.1) is 0 Å². The molecule has 118 valence electrons. The van der Waals surface area contributed by atoms with E-state index in [1.807, 2.05) is 0 Å². The molecule has 0 atom stereocenters. The van der Waals surface area contributed by atoms with Crippen LogP contribution in [0, 0.1) is 5.82 Å². The van der Waals surface area contributed by atoms with Gasteiger partial charge >= 0.3 is 0 Å². The van der Waals surface area contributed by atoms with E-state index >= 15 is 0 Å². The summed E-state index contributed by atoms with van der Waals surface area (Å²) in [6, 6.07) is 3.47. The van der Waals surface area contributed by atoms with Gasteiger partial charge in [0.1, 0.15) is 5.82 Å². The largest absolute Gasteiger partial charge is 0.353 e. The summed E-state index contributed by atoms with van der Waals surface area (Å²) >= 11 is 2.97. The van der Waals surface area contributed by atoms with E-state index in [2.05, 4.69) is 21.2 Å². The molecule has 0 aliphatic heterocycles. The Morgan fingerprint density at radius 3 is 2.52 bits per heavy atom. The summed E-state index contributed by atoms with van der Waals surface area (Å²) in [6.07, 6.45) is 0. The molecule has 0 heterocycles. The maximum absolute atomic E-state index is 13.5. The summed E-state index contributed by atoms with van der Waals surface area (Å²) in [5, 5.41) is 2.62. The maximum Gasteiger partial charge on any atom is 0.243 e. The van der Waals surface area contributed by atoms with Crippen LogP contribution in [0.3, 0.4) is 0 Å². The Balaban J connectivity index is 3.02. The van der Waals surface area contributed by atoms with Crippen LogP contribution in [0.2, 0.25) is 0 Å². The number of nitrogens with zero attached hydrogens (tertiary/aromatic N) is 1. The minimum atomic E-state index is -3.91. The number of hydrogen-bond donors (Lipinski definition) is 1. The van der Waals surface area contributed by atoms with Crippen molar-refractivity contribution in [2.75, 3.05) is 13.1 Å². The molecule has 8 heteroatoms. The SMILES string of the molecule is CCN(CC(=O)NC(C)C)S(=O)(=O)c1ccc(Br)c(F)c1. The van der Waals surface area contributed by atoms with Crippen molar-refractivity contribution in [1.29, 1.82) is 0 Å². The zero-order chi connectivity index (χ0) is 16.2. The Kier molecular flexibility index (Phi) is 6.30. The first kappa shape index (κ1) is 18.1. The lowest BCUT2D eigenvalue weighted by Gasteiger charge is -2.21. The highest BCUT2D eigenvalue weighted by molar-refractivity contribution is 9.10. The number of carbonyl (C=O) groups is 1. The van der Waals surface area contributed by atoms with E-state index in [0.29, 0.717) is 0 Å². The number of amides is 1. The van der Waals surface area contributed by atoms with Crippen LogP contribution in [0.5, 0.6) is 0 Å². The highest BCUT2D eigenvalue weighted by atomic mass is 79.9. The number of nitrogens with one attached hydrogen (secondary N) is 1. The fourth-order valence-corrected chi connectivity index (χ4v) is 3.35. The van der Waals surface area contributed by atoms with Crippen molar-refractivity contribution < 1.29 is 17.6 Å². The van der Waals surface area contributed by atoms with Crippen LogP contribution in [0.15, 0.2) is 27.6 Å². The molecule has 1 amide bonds. The first-order chi connectivity index (χ1) is 9.68. The number of halogens is 2. The van der Waals surface area contributed by atoms with Gasteiger partial charge in [0.05, 0.1) is 15.9 Å². The Hall–Kier alpha value is -0.990. The van der Waals surface area contributed by atoms with Crippen molar-refractivity contribution in [2.24, 2.45) is 0 Å². The molecule has 0 radical (unpaired) electrons. The Morgan fingerprint density at radius 1 is 1.43 bits per heavy atom. The molecule has 0 fully saturated rings. The molecule has 0 unspecified atom stereocenters. The number of sulfonamides is 1. The minimum absolute atomic E-state index is 0.0796. The average Bonchev–Trinajstić information content (AvgIpc) is 2.37. The number of hydrogen-bond acceptors (Lipinski definition) is 3. The highest BCUT2D eigenvalue weighted by Gasteiger charge is 2.26. The normalized spacial score (nSPS) is 12.0. The van der Waals surface area contributed by atoms with E-state index in [1.54, 1.807) is 20.8 Å². The molecule has 1 aromatic carbocycles. The van der Waals surface area contributed by atoms with Gasteiger partial charge in [-0.05, 0) is 48.0 Å². The molecule has 1 aromatic rings. The van der Waals surface area contributed by atoms with E-state index in [4.69, 9.17) is 0 Å². The molecule has 0 spiro atoms. The van der Waals surface area contributed by atoms with Crippen LogP contribution >= 0.6 is 15.9 Å². The lowest BCUT2D eigenvalue weighted by molar-refractivity contribution is -0.121. The molecule has 5 nitrogen and oxygen atoms in total. The number of carbonyl (C=O) groups excluding carboxylic acids is 1. The topological polar surface area (TPSA) is 66.5 Å². The molecule has 1 N–H and O–H groups in total. The maximum atomic E-state index is 13.5. The lowest BCUT2D eigenvalue weighted by atomic mass is 10.3. The van der Waals surface area contributed by atoms with Gasteiger partial charge < -0.3 is 5.32 Å². The monoisotopic (exact) mass is 380 g/mol. The second kappa shape index (κ2) is 7.33. The molecular formula is C13H18BrFN2O3S. The molecule has 21 heavy (non-hydrogen) atoms. The standard InChI is InChI=1S/C13H18BrFN2O3S/c1-4-17(8-13(18)16-9(2)3)21(19,20)10-5-6-11(14)12(15)7-10/h5-7,9H,4,8H2,1-3H3,(H,16,18). The predicted molar refractivity (Wildman–Crippen MR) is 81.8 cm³/mol. The molecular weight excluding hydrogens is 363 g/mol. The van der Waals surface area contributed by atoms with Crippen LogP contribution in [-0.4, -0.2) is 37.8 Å². The smallest absolute Gasteiger partial charge is 0.243 e. The second-order valence-electron chi connectivity index (χ2n) is 4.73. The number of rotatable bonds is 6.